The molecule has 0 spiro atoms. The SMILES string of the molecule is CCOC(=O)[C@@H](O)c1ccc(N(C)C)c(C)c1. The summed E-state index contributed by atoms with van der Waals surface area (Å²) in [6, 6.07) is 5.42. The molecular formula is C13H19NO3. The highest BCUT2D eigenvalue weighted by atomic mass is 16.5. The van der Waals surface area contributed by atoms with Gasteiger partial charge < -0.3 is 14.7 Å². The van der Waals surface area contributed by atoms with Crippen molar-refractivity contribution in [2.24, 2.45) is 0 Å². The number of anilines is 1. The Labute approximate surface area is 102 Å². The molecule has 0 saturated carbocycles. The number of benzene rings is 1. The molecule has 0 aliphatic heterocycles. The lowest BCUT2D eigenvalue weighted by Gasteiger charge is -2.17. The monoisotopic (exact) mass is 237 g/mol. The molecule has 4 nitrogen and oxygen atoms in total. The Kier molecular flexibility index (Phi) is 4.52. The van der Waals surface area contributed by atoms with Crippen molar-refractivity contribution in [3.63, 3.8) is 0 Å². The van der Waals surface area contributed by atoms with E-state index in [1.807, 2.05) is 32.0 Å². The number of carbonyl (C=O) groups excluding carboxylic acids is 1. The van der Waals surface area contributed by atoms with Crippen LogP contribution in [-0.2, 0) is 9.53 Å². The third kappa shape index (κ3) is 3.20. The fourth-order valence-electron chi connectivity index (χ4n) is 1.71. The normalized spacial score (nSPS) is 12.1. The smallest absolute Gasteiger partial charge is 0.339 e. The molecule has 1 atom stereocenters. The van der Waals surface area contributed by atoms with Crippen molar-refractivity contribution in [2.45, 2.75) is 20.0 Å². The van der Waals surface area contributed by atoms with Gasteiger partial charge in [0.2, 0.25) is 0 Å². The number of carbonyl (C=O) groups is 1. The van der Waals surface area contributed by atoms with E-state index in [1.54, 1.807) is 19.1 Å². The van der Waals surface area contributed by atoms with Crippen molar-refractivity contribution in [3.05, 3.63) is 29.3 Å². The Morgan fingerprint density at radius 3 is 2.59 bits per heavy atom. The highest BCUT2D eigenvalue weighted by Crippen LogP contribution is 2.23. The van der Waals surface area contributed by atoms with Crippen molar-refractivity contribution >= 4 is 11.7 Å². The molecule has 0 radical (unpaired) electrons. The molecule has 4 heteroatoms. The number of hydrogen-bond donors (Lipinski definition) is 1. The van der Waals surface area contributed by atoms with E-state index in [1.165, 1.54) is 0 Å². The quantitative estimate of drug-likeness (QED) is 0.809. The van der Waals surface area contributed by atoms with Crippen molar-refractivity contribution in [3.8, 4) is 0 Å². The molecule has 1 rings (SSSR count). The number of ether oxygens (including phenoxy) is 1. The Morgan fingerprint density at radius 1 is 1.47 bits per heavy atom. The number of nitrogens with zero attached hydrogens (tertiary/aromatic N) is 1. The first-order valence-electron chi connectivity index (χ1n) is 5.60. The van der Waals surface area contributed by atoms with Gasteiger partial charge in [0, 0.05) is 19.8 Å². The van der Waals surface area contributed by atoms with Crippen LogP contribution in [0.2, 0.25) is 0 Å². The summed E-state index contributed by atoms with van der Waals surface area (Å²) in [7, 11) is 3.90. The molecule has 17 heavy (non-hydrogen) atoms. The van der Waals surface area contributed by atoms with Crippen molar-refractivity contribution in [2.75, 3.05) is 25.6 Å². The maximum atomic E-state index is 11.4. The Bertz CT molecular complexity index is 402. The zero-order valence-corrected chi connectivity index (χ0v) is 10.7. The van der Waals surface area contributed by atoms with Crippen LogP contribution in [0.3, 0.4) is 0 Å². The first kappa shape index (κ1) is 13.5. The third-order valence-corrected chi connectivity index (χ3v) is 2.53. The number of aryl methyl sites for hydroxylation is 1. The predicted molar refractivity (Wildman–Crippen MR) is 67.1 cm³/mol. The second-order valence-electron chi connectivity index (χ2n) is 4.09. The maximum absolute atomic E-state index is 11.4. The van der Waals surface area contributed by atoms with Gasteiger partial charge in [0.25, 0.3) is 0 Å². The number of hydrogen-bond acceptors (Lipinski definition) is 4. The highest BCUT2D eigenvalue weighted by Gasteiger charge is 2.19. The van der Waals surface area contributed by atoms with Crippen LogP contribution in [0, 0.1) is 6.92 Å². The second-order valence-corrected chi connectivity index (χ2v) is 4.09. The third-order valence-electron chi connectivity index (χ3n) is 2.53. The molecule has 0 aliphatic rings. The van der Waals surface area contributed by atoms with E-state index in [0.717, 1.165) is 11.3 Å². The molecule has 1 aromatic rings. The van der Waals surface area contributed by atoms with Gasteiger partial charge in [-0.2, -0.15) is 0 Å². The van der Waals surface area contributed by atoms with E-state index in [2.05, 4.69) is 0 Å². The summed E-state index contributed by atoms with van der Waals surface area (Å²) in [5.74, 6) is -0.607. The molecular weight excluding hydrogens is 218 g/mol. The van der Waals surface area contributed by atoms with Crippen LogP contribution in [0.5, 0.6) is 0 Å². The fourth-order valence-corrected chi connectivity index (χ4v) is 1.71. The standard InChI is InChI=1S/C13H19NO3/c1-5-17-13(16)12(15)10-6-7-11(14(3)4)9(2)8-10/h6-8,12,15H,5H2,1-4H3/t12-/m0/s1. The van der Waals surface area contributed by atoms with Gasteiger partial charge in [0.15, 0.2) is 6.10 Å². The van der Waals surface area contributed by atoms with Crippen LogP contribution < -0.4 is 4.90 Å². The molecule has 0 unspecified atom stereocenters. The van der Waals surface area contributed by atoms with E-state index in [9.17, 15) is 9.90 Å². The second kappa shape index (κ2) is 5.68. The van der Waals surface area contributed by atoms with E-state index in [4.69, 9.17) is 4.74 Å². The Balaban J connectivity index is 2.93. The minimum absolute atomic E-state index is 0.269. The lowest BCUT2D eigenvalue weighted by atomic mass is 10.0. The summed E-state index contributed by atoms with van der Waals surface area (Å²) in [6.45, 7) is 3.92. The van der Waals surface area contributed by atoms with Crippen LogP contribution in [0.15, 0.2) is 18.2 Å². The molecule has 0 saturated heterocycles. The zero-order chi connectivity index (χ0) is 13.0. The van der Waals surface area contributed by atoms with Crippen LogP contribution in [0.1, 0.15) is 24.2 Å². The van der Waals surface area contributed by atoms with E-state index in [-0.39, 0.29) is 6.61 Å². The van der Waals surface area contributed by atoms with Crippen LogP contribution in [0.25, 0.3) is 0 Å². The van der Waals surface area contributed by atoms with E-state index < -0.39 is 12.1 Å². The summed E-state index contributed by atoms with van der Waals surface area (Å²) >= 11 is 0. The van der Waals surface area contributed by atoms with Gasteiger partial charge in [0.1, 0.15) is 0 Å². The zero-order valence-electron chi connectivity index (χ0n) is 10.7. The van der Waals surface area contributed by atoms with Gasteiger partial charge in [-0.15, -0.1) is 0 Å². The summed E-state index contributed by atoms with van der Waals surface area (Å²) in [5.41, 5.74) is 2.63. The molecule has 0 aliphatic carbocycles. The minimum atomic E-state index is -1.20. The average molecular weight is 237 g/mol. The van der Waals surface area contributed by atoms with E-state index >= 15 is 0 Å². The predicted octanol–water partition coefficient (Wildman–Crippen LogP) is 1.66. The molecule has 1 N–H and O–H groups in total. The first-order chi connectivity index (χ1) is 7.97. The maximum Gasteiger partial charge on any atom is 0.339 e. The Hall–Kier alpha value is -1.55. The highest BCUT2D eigenvalue weighted by molar-refractivity contribution is 5.76. The first-order valence-corrected chi connectivity index (χ1v) is 5.60. The van der Waals surface area contributed by atoms with Crippen molar-refractivity contribution in [1.82, 2.24) is 0 Å². The van der Waals surface area contributed by atoms with Gasteiger partial charge >= 0.3 is 5.97 Å². The summed E-state index contributed by atoms with van der Waals surface area (Å²) < 4.78 is 4.78. The van der Waals surface area contributed by atoms with Gasteiger partial charge in [-0.05, 0) is 31.0 Å². The average Bonchev–Trinajstić information content (AvgIpc) is 2.27. The summed E-state index contributed by atoms with van der Waals surface area (Å²) in [6.07, 6.45) is -1.20. The van der Waals surface area contributed by atoms with E-state index in [0.29, 0.717) is 5.56 Å². The van der Waals surface area contributed by atoms with Crippen molar-refractivity contribution in [1.29, 1.82) is 0 Å². The summed E-state index contributed by atoms with van der Waals surface area (Å²) in [5, 5.41) is 9.79. The van der Waals surface area contributed by atoms with Gasteiger partial charge in [-0.25, -0.2) is 4.79 Å². The molecule has 0 aromatic heterocycles. The Morgan fingerprint density at radius 2 is 2.12 bits per heavy atom. The lowest BCUT2D eigenvalue weighted by Crippen LogP contribution is -2.16. The minimum Gasteiger partial charge on any atom is -0.464 e. The molecule has 94 valence electrons. The molecule has 0 bridgehead atoms. The number of esters is 1. The van der Waals surface area contributed by atoms with Crippen LogP contribution >= 0.6 is 0 Å². The number of aliphatic hydroxyl groups is 1. The van der Waals surface area contributed by atoms with Gasteiger partial charge in [0.05, 0.1) is 6.61 Å². The van der Waals surface area contributed by atoms with Crippen LogP contribution in [-0.4, -0.2) is 31.8 Å². The number of rotatable bonds is 4. The molecule has 0 fully saturated rings. The van der Waals surface area contributed by atoms with Crippen LogP contribution in [0.4, 0.5) is 5.69 Å². The van der Waals surface area contributed by atoms with Gasteiger partial charge in [-0.1, -0.05) is 12.1 Å². The molecule has 0 heterocycles. The fraction of sp³-hybridized carbons (Fsp3) is 0.462. The lowest BCUT2D eigenvalue weighted by molar-refractivity contribution is -0.153. The van der Waals surface area contributed by atoms with Gasteiger partial charge in [-0.3, -0.25) is 0 Å². The largest absolute Gasteiger partial charge is 0.464 e. The topological polar surface area (TPSA) is 49.8 Å². The summed E-state index contributed by atoms with van der Waals surface area (Å²) in [4.78, 5) is 13.4. The number of aliphatic hydroxyl groups excluding tert-OH is 1. The molecule has 1 aromatic carbocycles. The molecule has 0 amide bonds. The van der Waals surface area contributed by atoms with Crippen molar-refractivity contribution < 1.29 is 14.6 Å².